The lowest BCUT2D eigenvalue weighted by atomic mass is 10.1. The van der Waals surface area contributed by atoms with Crippen molar-refractivity contribution in [3.63, 3.8) is 0 Å². The second-order valence-electron chi connectivity index (χ2n) is 5.21. The fourth-order valence-electron chi connectivity index (χ4n) is 2.24. The normalized spacial score (nSPS) is 12.5. The number of aliphatic hydroxyl groups excluding tert-OH is 1. The number of benzene rings is 1. The third kappa shape index (κ3) is 3.03. The Kier molecular flexibility index (Phi) is 3.83. The fraction of sp³-hybridized carbons (Fsp3) is 0.250. The van der Waals surface area contributed by atoms with Crippen molar-refractivity contribution in [3.8, 4) is 0 Å². The van der Waals surface area contributed by atoms with Crippen molar-refractivity contribution in [3.05, 3.63) is 54.2 Å². The molecule has 1 atom stereocenters. The van der Waals surface area contributed by atoms with Gasteiger partial charge in [-0.05, 0) is 36.6 Å². The summed E-state index contributed by atoms with van der Waals surface area (Å²) in [5.74, 6) is 0.774. The van der Waals surface area contributed by atoms with Gasteiger partial charge in [-0.1, -0.05) is 31.2 Å². The molecule has 2 N–H and O–H groups in total. The van der Waals surface area contributed by atoms with Crippen molar-refractivity contribution in [1.82, 2.24) is 14.6 Å². The van der Waals surface area contributed by atoms with Gasteiger partial charge in [-0.3, -0.25) is 0 Å². The van der Waals surface area contributed by atoms with Crippen LogP contribution in [0.3, 0.4) is 0 Å². The molecule has 0 aliphatic heterocycles. The van der Waals surface area contributed by atoms with Crippen LogP contribution in [-0.2, 0) is 6.42 Å². The molecular formula is C16H18N4O. The molecule has 1 aromatic carbocycles. The van der Waals surface area contributed by atoms with Crippen molar-refractivity contribution >= 4 is 17.3 Å². The molecule has 3 rings (SSSR count). The van der Waals surface area contributed by atoms with Crippen molar-refractivity contribution in [1.29, 1.82) is 0 Å². The number of nitrogens with zero attached hydrogens (tertiary/aromatic N) is 3. The highest BCUT2D eigenvalue weighted by atomic mass is 16.3. The first-order valence-corrected chi connectivity index (χ1v) is 7.04. The van der Waals surface area contributed by atoms with Crippen LogP contribution >= 0.6 is 0 Å². The number of nitrogens with one attached hydrogen (secondary N) is 1. The van der Waals surface area contributed by atoms with E-state index < -0.39 is 0 Å². The van der Waals surface area contributed by atoms with Crippen LogP contribution in [0.5, 0.6) is 0 Å². The van der Waals surface area contributed by atoms with E-state index >= 15 is 0 Å². The number of para-hydroxylation sites is 1. The van der Waals surface area contributed by atoms with E-state index in [4.69, 9.17) is 0 Å². The molecule has 2 aromatic heterocycles. The number of fused-ring (bicyclic) bond motifs is 1. The summed E-state index contributed by atoms with van der Waals surface area (Å²) >= 11 is 0. The first-order valence-electron chi connectivity index (χ1n) is 7.04. The van der Waals surface area contributed by atoms with E-state index in [1.54, 1.807) is 0 Å². The molecule has 0 radical (unpaired) electrons. The highest BCUT2D eigenvalue weighted by Gasteiger charge is 2.10. The lowest BCUT2D eigenvalue weighted by Crippen LogP contribution is -2.08. The van der Waals surface area contributed by atoms with Gasteiger partial charge in [0.05, 0.1) is 0 Å². The van der Waals surface area contributed by atoms with Crippen molar-refractivity contribution < 1.29 is 5.11 Å². The molecule has 3 aromatic rings. The fourth-order valence-corrected chi connectivity index (χ4v) is 2.24. The van der Waals surface area contributed by atoms with Gasteiger partial charge in [-0.25, -0.2) is 4.52 Å². The number of aromatic nitrogens is 3. The summed E-state index contributed by atoms with van der Waals surface area (Å²) in [4.78, 5) is 4.48. The average molecular weight is 282 g/mol. The summed E-state index contributed by atoms with van der Waals surface area (Å²) in [5.41, 5.74) is 2.80. The van der Waals surface area contributed by atoms with E-state index in [9.17, 15) is 5.11 Å². The highest BCUT2D eigenvalue weighted by molar-refractivity contribution is 5.55. The number of hydrogen-bond acceptors (Lipinski definition) is 4. The average Bonchev–Trinajstić information content (AvgIpc) is 2.91. The Labute approximate surface area is 123 Å². The zero-order valence-electron chi connectivity index (χ0n) is 11.9. The first kappa shape index (κ1) is 13.6. The third-order valence-corrected chi connectivity index (χ3v) is 3.34. The van der Waals surface area contributed by atoms with Gasteiger partial charge < -0.3 is 10.4 Å². The maximum Gasteiger partial charge on any atom is 0.247 e. The minimum atomic E-state index is 0.167. The van der Waals surface area contributed by atoms with Gasteiger partial charge in [0.15, 0.2) is 5.65 Å². The maximum atomic E-state index is 9.21. The first-order chi connectivity index (χ1) is 10.3. The van der Waals surface area contributed by atoms with E-state index in [2.05, 4.69) is 15.4 Å². The lowest BCUT2D eigenvalue weighted by Gasteiger charge is -2.08. The zero-order chi connectivity index (χ0) is 14.7. The predicted octanol–water partition coefficient (Wildman–Crippen LogP) is 2.64. The molecule has 0 fully saturated rings. The van der Waals surface area contributed by atoms with Crippen LogP contribution in [0.4, 0.5) is 11.6 Å². The van der Waals surface area contributed by atoms with Gasteiger partial charge in [-0.2, -0.15) is 4.98 Å². The van der Waals surface area contributed by atoms with E-state index in [0.29, 0.717) is 5.95 Å². The molecule has 0 saturated heterocycles. The summed E-state index contributed by atoms with van der Waals surface area (Å²) in [6, 6.07) is 15.8. The summed E-state index contributed by atoms with van der Waals surface area (Å²) < 4.78 is 1.83. The molecule has 0 aliphatic rings. The number of pyridine rings is 1. The lowest BCUT2D eigenvalue weighted by molar-refractivity contribution is 0.236. The third-order valence-electron chi connectivity index (χ3n) is 3.34. The highest BCUT2D eigenvalue weighted by Crippen LogP contribution is 2.16. The van der Waals surface area contributed by atoms with Crippen LogP contribution < -0.4 is 5.32 Å². The van der Waals surface area contributed by atoms with Gasteiger partial charge >= 0.3 is 0 Å². The zero-order valence-corrected chi connectivity index (χ0v) is 11.9. The van der Waals surface area contributed by atoms with Gasteiger partial charge in [-0.15, -0.1) is 5.10 Å². The molecule has 108 valence electrons. The van der Waals surface area contributed by atoms with Gasteiger partial charge in [0.2, 0.25) is 5.95 Å². The number of anilines is 2. The Balaban J connectivity index is 1.91. The van der Waals surface area contributed by atoms with Crippen molar-refractivity contribution in [2.24, 2.45) is 5.92 Å². The quantitative estimate of drug-likeness (QED) is 0.755. The molecular weight excluding hydrogens is 264 g/mol. The molecule has 0 bridgehead atoms. The molecule has 0 spiro atoms. The molecule has 5 nitrogen and oxygen atoms in total. The smallest absolute Gasteiger partial charge is 0.247 e. The topological polar surface area (TPSA) is 62.5 Å². The summed E-state index contributed by atoms with van der Waals surface area (Å²) in [7, 11) is 0. The van der Waals surface area contributed by atoms with E-state index in [-0.39, 0.29) is 12.5 Å². The molecule has 21 heavy (non-hydrogen) atoms. The largest absolute Gasteiger partial charge is 0.396 e. The minimum Gasteiger partial charge on any atom is -0.396 e. The van der Waals surface area contributed by atoms with Crippen LogP contribution in [0.2, 0.25) is 0 Å². The van der Waals surface area contributed by atoms with Gasteiger partial charge in [0, 0.05) is 18.0 Å². The van der Waals surface area contributed by atoms with Crippen LogP contribution in [0, 0.1) is 5.92 Å². The second kappa shape index (κ2) is 5.93. The molecule has 2 heterocycles. The summed E-state index contributed by atoms with van der Waals surface area (Å²) in [6.45, 7) is 2.18. The SMILES string of the molecule is CC(CO)Cc1cccc2nc(Nc3ccccc3)nn12. The van der Waals surface area contributed by atoms with E-state index in [1.165, 1.54) is 0 Å². The Hall–Kier alpha value is -2.40. The molecule has 0 saturated carbocycles. The van der Waals surface area contributed by atoms with Gasteiger partial charge in [0.1, 0.15) is 0 Å². The van der Waals surface area contributed by atoms with E-state index in [0.717, 1.165) is 23.4 Å². The van der Waals surface area contributed by atoms with E-state index in [1.807, 2.05) is 60.0 Å². The standard InChI is InChI=1S/C16H18N4O/c1-12(11-21)10-14-8-5-9-15-18-16(19-20(14)15)17-13-6-3-2-4-7-13/h2-9,12,21H,10-11H2,1H3,(H,17,19). The Morgan fingerprint density at radius 2 is 1.95 bits per heavy atom. The number of aliphatic hydroxyl groups is 1. The Bertz CT molecular complexity index is 723. The maximum absolute atomic E-state index is 9.21. The van der Waals surface area contributed by atoms with Crippen LogP contribution in [0.1, 0.15) is 12.6 Å². The predicted molar refractivity (Wildman–Crippen MR) is 82.7 cm³/mol. The molecule has 5 heteroatoms. The second-order valence-corrected chi connectivity index (χ2v) is 5.21. The van der Waals surface area contributed by atoms with Crippen molar-refractivity contribution in [2.45, 2.75) is 13.3 Å². The number of hydrogen-bond donors (Lipinski definition) is 2. The summed E-state index contributed by atoms with van der Waals surface area (Å²) in [6.07, 6.45) is 0.766. The monoisotopic (exact) mass is 282 g/mol. The van der Waals surface area contributed by atoms with Crippen LogP contribution in [0.25, 0.3) is 5.65 Å². The molecule has 0 aliphatic carbocycles. The molecule has 1 unspecified atom stereocenters. The van der Waals surface area contributed by atoms with Crippen LogP contribution in [0.15, 0.2) is 48.5 Å². The Morgan fingerprint density at radius 3 is 2.71 bits per heavy atom. The van der Waals surface area contributed by atoms with Gasteiger partial charge in [0.25, 0.3) is 0 Å². The Morgan fingerprint density at radius 1 is 1.14 bits per heavy atom. The van der Waals surface area contributed by atoms with Crippen LogP contribution in [-0.4, -0.2) is 26.3 Å². The summed E-state index contributed by atoms with van der Waals surface area (Å²) in [5, 5.41) is 16.9. The number of rotatable bonds is 5. The molecule has 0 amide bonds. The van der Waals surface area contributed by atoms with Crippen molar-refractivity contribution in [2.75, 3.05) is 11.9 Å². The minimum absolute atomic E-state index is 0.167.